The Morgan fingerprint density at radius 1 is 1.27 bits per heavy atom. The van der Waals surface area contributed by atoms with Gasteiger partial charge in [0.05, 0.1) is 5.60 Å². The topological polar surface area (TPSA) is 20.2 Å². The summed E-state index contributed by atoms with van der Waals surface area (Å²) in [6.07, 6.45) is 1.86. The van der Waals surface area contributed by atoms with E-state index >= 15 is 0 Å². The second kappa shape index (κ2) is 3.08. The van der Waals surface area contributed by atoms with Crippen molar-refractivity contribution in [2.45, 2.75) is 46.1 Å². The third-order valence-corrected chi connectivity index (χ3v) is 3.71. The highest BCUT2D eigenvalue weighted by atomic mass is 16.3. The fourth-order valence-corrected chi connectivity index (χ4v) is 2.52. The van der Waals surface area contributed by atoms with Crippen molar-refractivity contribution in [2.75, 3.05) is 0 Å². The summed E-state index contributed by atoms with van der Waals surface area (Å²) in [6.45, 7) is 8.43. The Balaban J connectivity index is 2.56. The SMILES string of the molecule is Cc1ccc2c(c1)C(O)(C(C)(C)C)CC2. The molecule has 1 N–H and O–H groups in total. The summed E-state index contributed by atoms with van der Waals surface area (Å²) in [5.74, 6) is 0. The third kappa shape index (κ3) is 1.50. The number of fused-ring (bicyclic) bond motifs is 1. The number of rotatable bonds is 0. The summed E-state index contributed by atoms with van der Waals surface area (Å²) in [4.78, 5) is 0. The van der Waals surface area contributed by atoms with Crippen LogP contribution in [0.5, 0.6) is 0 Å². The zero-order chi connectivity index (χ0) is 11.3. The molecule has 15 heavy (non-hydrogen) atoms. The van der Waals surface area contributed by atoms with Crippen LogP contribution in [0.25, 0.3) is 0 Å². The third-order valence-electron chi connectivity index (χ3n) is 3.71. The smallest absolute Gasteiger partial charge is 0.0950 e. The number of hydrogen-bond donors (Lipinski definition) is 1. The average Bonchev–Trinajstić information content (AvgIpc) is 2.44. The molecular formula is C14H20O. The van der Waals surface area contributed by atoms with Gasteiger partial charge in [0, 0.05) is 0 Å². The zero-order valence-corrected chi connectivity index (χ0v) is 10.1. The first-order valence-corrected chi connectivity index (χ1v) is 5.67. The zero-order valence-electron chi connectivity index (χ0n) is 10.1. The summed E-state index contributed by atoms with van der Waals surface area (Å²) >= 11 is 0. The van der Waals surface area contributed by atoms with Crippen LogP contribution < -0.4 is 0 Å². The minimum Gasteiger partial charge on any atom is -0.385 e. The van der Waals surface area contributed by atoms with Gasteiger partial charge in [0.2, 0.25) is 0 Å². The van der Waals surface area contributed by atoms with Crippen LogP contribution in [0.2, 0.25) is 0 Å². The molecule has 0 spiro atoms. The average molecular weight is 204 g/mol. The van der Waals surface area contributed by atoms with E-state index in [1.54, 1.807) is 0 Å². The first kappa shape index (κ1) is 10.7. The Morgan fingerprint density at radius 3 is 2.53 bits per heavy atom. The van der Waals surface area contributed by atoms with Gasteiger partial charge >= 0.3 is 0 Å². The second-order valence-corrected chi connectivity index (χ2v) is 5.77. The molecule has 0 aliphatic heterocycles. The van der Waals surface area contributed by atoms with Gasteiger partial charge in [-0.3, -0.25) is 0 Å². The van der Waals surface area contributed by atoms with E-state index in [9.17, 15) is 5.11 Å². The predicted octanol–water partition coefficient (Wildman–Crippen LogP) is 3.17. The highest BCUT2D eigenvalue weighted by Gasteiger charge is 2.45. The van der Waals surface area contributed by atoms with Gasteiger partial charge in [0.25, 0.3) is 0 Å². The predicted molar refractivity (Wildman–Crippen MR) is 62.9 cm³/mol. The maximum Gasteiger partial charge on any atom is 0.0950 e. The van der Waals surface area contributed by atoms with Crippen LogP contribution in [-0.4, -0.2) is 5.11 Å². The molecule has 0 aromatic heterocycles. The van der Waals surface area contributed by atoms with Crippen LogP contribution in [0.15, 0.2) is 18.2 Å². The molecule has 2 rings (SSSR count). The molecule has 0 radical (unpaired) electrons. The normalized spacial score (nSPS) is 25.4. The van der Waals surface area contributed by atoms with E-state index in [-0.39, 0.29) is 5.41 Å². The molecule has 1 aliphatic carbocycles. The Morgan fingerprint density at radius 2 is 1.93 bits per heavy atom. The van der Waals surface area contributed by atoms with Gasteiger partial charge in [-0.25, -0.2) is 0 Å². The number of benzene rings is 1. The van der Waals surface area contributed by atoms with E-state index in [0.717, 1.165) is 18.4 Å². The van der Waals surface area contributed by atoms with E-state index < -0.39 is 5.60 Å². The monoisotopic (exact) mass is 204 g/mol. The number of hydrogen-bond acceptors (Lipinski definition) is 1. The van der Waals surface area contributed by atoms with Crippen molar-refractivity contribution in [2.24, 2.45) is 5.41 Å². The highest BCUT2D eigenvalue weighted by Crippen LogP contribution is 2.48. The molecule has 82 valence electrons. The molecule has 1 heteroatoms. The van der Waals surface area contributed by atoms with Crippen LogP contribution in [0.3, 0.4) is 0 Å². The molecule has 1 nitrogen and oxygen atoms in total. The van der Waals surface area contributed by atoms with Crippen LogP contribution in [0, 0.1) is 12.3 Å². The lowest BCUT2D eigenvalue weighted by molar-refractivity contribution is -0.0623. The molecule has 0 heterocycles. The lowest BCUT2D eigenvalue weighted by Crippen LogP contribution is -2.37. The van der Waals surface area contributed by atoms with Crippen molar-refractivity contribution in [1.82, 2.24) is 0 Å². The van der Waals surface area contributed by atoms with Crippen molar-refractivity contribution in [3.63, 3.8) is 0 Å². The van der Waals surface area contributed by atoms with Crippen molar-refractivity contribution in [1.29, 1.82) is 0 Å². The van der Waals surface area contributed by atoms with E-state index in [1.807, 2.05) is 0 Å². The standard InChI is InChI=1S/C14H20O/c1-10-5-6-11-7-8-14(15,12(11)9-10)13(2,3)4/h5-6,9,15H,7-8H2,1-4H3. The first-order chi connectivity index (χ1) is 6.84. The van der Waals surface area contributed by atoms with E-state index in [4.69, 9.17) is 0 Å². The highest BCUT2D eigenvalue weighted by molar-refractivity contribution is 5.41. The van der Waals surface area contributed by atoms with Gasteiger partial charge in [-0.05, 0) is 36.3 Å². The molecule has 0 fully saturated rings. The maximum atomic E-state index is 10.8. The van der Waals surface area contributed by atoms with Crippen molar-refractivity contribution < 1.29 is 5.11 Å². The summed E-state index contributed by atoms with van der Waals surface area (Å²) in [6, 6.07) is 6.44. The Bertz CT molecular complexity index is 387. The van der Waals surface area contributed by atoms with Gasteiger partial charge in [-0.1, -0.05) is 44.5 Å². The van der Waals surface area contributed by atoms with Gasteiger partial charge in [0.1, 0.15) is 0 Å². The van der Waals surface area contributed by atoms with E-state index in [2.05, 4.69) is 45.9 Å². The van der Waals surface area contributed by atoms with Gasteiger partial charge < -0.3 is 5.11 Å². The molecule has 1 atom stereocenters. The van der Waals surface area contributed by atoms with Gasteiger partial charge in [-0.15, -0.1) is 0 Å². The van der Waals surface area contributed by atoms with Crippen LogP contribution >= 0.6 is 0 Å². The van der Waals surface area contributed by atoms with E-state index in [0.29, 0.717) is 0 Å². The Labute approximate surface area is 92.1 Å². The van der Waals surface area contributed by atoms with Crippen molar-refractivity contribution >= 4 is 0 Å². The number of aliphatic hydroxyl groups is 1. The molecule has 1 aliphatic rings. The Hall–Kier alpha value is -0.820. The minimum absolute atomic E-state index is 0.0912. The van der Waals surface area contributed by atoms with Crippen LogP contribution in [0.4, 0.5) is 0 Å². The molecule has 0 bridgehead atoms. The molecule has 0 saturated heterocycles. The fourth-order valence-electron chi connectivity index (χ4n) is 2.52. The van der Waals surface area contributed by atoms with Crippen LogP contribution in [-0.2, 0) is 12.0 Å². The van der Waals surface area contributed by atoms with E-state index in [1.165, 1.54) is 11.1 Å². The lowest BCUT2D eigenvalue weighted by atomic mass is 9.73. The molecule has 0 saturated carbocycles. The first-order valence-electron chi connectivity index (χ1n) is 5.67. The summed E-state index contributed by atoms with van der Waals surface area (Å²) in [5.41, 5.74) is 2.96. The molecule has 0 amide bonds. The summed E-state index contributed by atoms with van der Waals surface area (Å²) in [7, 11) is 0. The van der Waals surface area contributed by atoms with Crippen molar-refractivity contribution in [3.8, 4) is 0 Å². The summed E-state index contributed by atoms with van der Waals surface area (Å²) < 4.78 is 0. The molecule has 1 unspecified atom stereocenters. The van der Waals surface area contributed by atoms with Gasteiger partial charge in [0.15, 0.2) is 0 Å². The second-order valence-electron chi connectivity index (χ2n) is 5.77. The summed E-state index contributed by atoms with van der Waals surface area (Å²) in [5, 5.41) is 10.8. The Kier molecular flexibility index (Phi) is 2.20. The molecule has 1 aromatic rings. The lowest BCUT2D eigenvalue weighted by Gasteiger charge is -2.38. The van der Waals surface area contributed by atoms with Crippen molar-refractivity contribution in [3.05, 3.63) is 34.9 Å². The molecule has 1 aromatic carbocycles. The maximum absolute atomic E-state index is 10.8. The molecular weight excluding hydrogens is 184 g/mol. The van der Waals surface area contributed by atoms with Crippen LogP contribution in [0.1, 0.15) is 43.9 Å². The largest absolute Gasteiger partial charge is 0.385 e. The number of aryl methyl sites for hydroxylation is 2. The fraction of sp³-hybridized carbons (Fsp3) is 0.571. The van der Waals surface area contributed by atoms with Gasteiger partial charge in [-0.2, -0.15) is 0 Å². The quantitative estimate of drug-likeness (QED) is 0.688. The minimum atomic E-state index is -0.644.